The molecule has 0 atom stereocenters. The molecule has 0 amide bonds. The topological polar surface area (TPSA) is 40.5 Å². The smallest absolute Gasteiger partial charge is 0.122 e. The van der Waals surface area contributed by atoms with Crippen LogP contribution in [0.2, 0.25) is 0 Å². The van der Waals surface area contributed by atoms with Crippen LogP contribution >= 0.6 is 0 Å². The molecule has 2 aromatic rings. The number of benzene rings is 2. The molecule has 2 nitrogen and oxygen atoms in total. The van der Waals surface area contributed by atoms with Crippen LogP contribution in [0.15, 0.2) is 24.3 Å². The van der Waals surface area contributed by atoms with Gasteiger partial charge in [0.1, 0.15) is 11.5 Å². The van der Waals surface area contributed by atoms with Gasteiger partial charge in [-0.05, 0) is 85.5 Å². The SMILES string of the molecule is CCC(C)(C)c1cc(CCCCCc2cc(C)c(O)c(C(C)(C)CC)c2)cc(C)c1O. The van der Waals surface area contributed by atoms with Crippen LogP contribution < -0.4 is 0 Å². The molecule has 0 heterocycles. The molecule has 2 aromatic carbocycles. The summed E-state index contributed by atoms with van der Waals surface area (Å²) < 4.78 is 0. The van der Waals surface area contributed by atoms with Gasteiger partial charge in [-0.15, -0.1) is 0 Å². The van der Waals surface area contributed by atoms with E-state index in [0.717, 1.165) is 60.8 Å². The van der Waals surface area contributed by atoms with Gasteiger partial charge < -0.3 is 10.2 Å². The summed E-state index contributed by atoms with van der Waals surface area (Å²) in [6, 6.07) is 8.72. The maximum absolute atomic E-state index is 10.5. The fraction of sp³-hybridized carbons (Fsp3) is 0.586. The van der Waals surface area contributed by atoms with Gasteiger partial charge in [0.05, 0.1) is 0 Å². The largest absolute Gasteiger partial charge is 0.507 e. The molecule has 0 spiro atoms. The normalized spacial score (nSPS) is 12.4. The summed E-state index contributed by atoms with van der Waals surface area (Å²) in [4.78, 5) is 0. The molecule has 0 bridgehead atoms. The molecule has 0 aliphatic carbocycles. The van der Waals surface area contributed by atoms with E-state index in [2.05, 4.69) is 65.8 Å². The molecule has 0 saturated carbocycles. The fourth-order valence-corrected chi connectivity index (χ4v) is 4.24. The van der Waals surface area contributed by atoms with Crippen LogP contribution in [0, 0.1) is 13.8 Å². The van der Waals surface area contributed by atoms with Crippen molar-refractivity contribution in [2.24, 2.45) is 0 Å². The molecule has 0 aliphatic heterocycles. The second-order valence-electron chi connectivity index (χ2n) is 10.7. The lowest BCUT2D eigenvalue weighted by Gasteiger charge is -2.26. The van der Waals surface area contributed by atoms with Crippen molar-refractivity contribution >= 4 is 0 Å². The van der Waals surface area contributed by atoms with Crippen molar-refractivity contribution in [1.29, 1.82) is 0 Å². The molecule has 2 rings (SSSR count). The van der Waals surface area contributed by atoms with Gasteiger partial charge in [0.15, 0.2) is 0 Å². The zero-order chi connectivity index (χ0) is 23.4. The van der Waals surface area contributed by atoms with Crippen molar-refractivity contribution in [1.82, 2.24) is 0 Å². The lowest BCUT2D eigenvalue weighted by atomic mass is 9.79. The Balaban J connectivity index is 1.99. The predicted molar refractivity (Wildman–Crippen MR) is 134 cm³/mol. The van der Waals surface area contributed by atoms with Gasteiger partial charge in [0.25, 0.3) is 0 Å². The molecular weight excluding hydrogens is 380 g/mol. The minimum absolute atomic E-state index is 0.00838. The lowest BCUT2D eigenvalue weighted by Crippen LogP contribution is -2.16. The Hall–Kier alpha value is -1.96. The van der Waals surface area contributed by atoms with Crippen LogP contribution in [0.5, 0.6) is 11.5 Å². The first-order valence-corrected chi connectivity index (χ1v) is 12.1. The van der Waals surface area contributed by atoms with Crippen LogP contribution in [0.3, 0.4) is 0 Å². The van der Waals surface area contributed by atoms with E-state index in [1.807, 2.05) is 13.8 Å². The van der Waals surface area contributed by atoms with E-state index in [1.165, 1.54) is 17.5 Å². The first kappa shape index (κ1) is 25.3. The molecule has 172 valence electrons. The molecular formula is C29H44O2. The first-order chi connectivity index (χ1) is 14.4. The van der Waals surface area contributed by atoms with Gasteiger partial charge in [-0.1, -0.05) is 72.2 Å². The Morgan fingerprint density at radius 2 is 0.968 bits per heavy atom. The average molecular weight is 425 g/mol. The summed E-state index contributed by atoms with van der Waals surface area (Å²) in [7, 11) is 0. The number of hydrogen-bond acceptors (Lipinski definition) is 2. The Labute approximate surface area is 190 Å². The monoisotopic (exact) mass is 424 g/mol. The van der Waals surface area contributed by atoms with Crippen molar-refractivity contribution in [2.75, 3.05) is 0 Å². The van der Waals surface area contributed by atoms with Crippen LogP contribution in [0.4, 0.5) is 0 Å². The molecule has 0 fully saturated rings. The number of phenolic OH excluding ortho intramolecular Hbond substituents is 2. The third kappa shape index (κ3) is 6.05. The Bertz CT molecular complexity index is 817. The quantitative estimate of drug-likeness (QED) is 0.379. The highest BCUT2D eigenvalue weighted by Crippen LogP contribution is 2.38. The molecule has 0 saturated heterocycles. The molecule has 2 heteroatoms. The highest BCUT2D eigenvalue weighted by molar-refractivity contribution is 5.47. The predicted octanol–water partition coefficient (Wildman–Crippen LogP) is 8.05. The zero-order valence-electron chi connectivity index (χ0n) is 21.2. The van der Waals surface area contributed by atoms with Gasteiger partial charge in [-0.3, -0.25) is 0 Å². The van der Waals surface area contributed by atoms with Crippen molar-refractivity contribution in [3.05, 3.63) is 57.6 Å². The number of hydrogen-bond donors (Lipinski definition) is 2. The third-order valence-electron chi connectivity index (χ3n) is 7.38. The number of unbranched alkanes of at least 4 members (excludes halogenated alkanes) is 2. The molecule has 0 aliphatic rings. The highest BCUT2D eigenvalue weighted by Gasteiger charge is 2.24. The van der Waals surface area contributed by atoms with Crippen molar-refractivity contribution in [3.63, 3.8) is 0 Å². The summed E-state index contributed by atoms with van der Waals surface area (Å²) in [5, 5.41) is 21.1. The van der Waals surface area contributed by atoms with E-state index >= 15 is 0 Å². The van der Waals surface area contributed by atoms with E-state index in [-0.39, 0.29) is 10.8 Å². The van der Waals surface area contributed by atoms with E-state index < -0.39 is 0 Å². The maximum Gasteiger partial charge on any atom is 0.122 e. The number of phenols is 2. The molecule has 31 heavy (non-hydrogen) atoms. The molecule has 0 unspecified atom stereocenters. The molecule has 2 N–H and O–H groups in total. The summed E-state index contributed by atoms with van der Waals surface area (Å²) in [6.45, 7) is 17.2. The zero-order valence-corrected chi connectivity index (χ0v) is 21.2. The number of rotatable bonds is 10. The van der Waals surface area contributed by atoms with Crippen molar-refractivity contribution < 1.29 is 10.2 Å². The van der Waals surface area contributed by atoms with Crippen LogP contribution in [-0.4, -0.2) is 10.2 Å². The summed E-state index contributed by atoms with van der Waals surface area (Å²) in [6.07, 6.45) is 7.60. The Kier molecular flexibility index (Phi) is 8.25. The number of aryl methyl sites for hydroxylation is 4. The maximum atomic E-state index is 10.5. The van der Waals surface area contributed by atoms with Crippen LogP contribution in [0.1, 0.15) is 107 Å². The minimum Gasteiger partial charge on any atom is -0.507 e. The summed E-state index contributed by atoms with van der Waals surface area (Å²) in [5.74, 6) is 0.924. The van der Waals surface area contributed by atoms with Gasteiger partial charge in [0, 0.05) is 11.1 Å². The average Bonchev–Trinajstić information content (AvgIpc) is 2.72. The van der Waals surface area contributed by atoms with Crippen LogP contribution in [0.25, 0.3) is 0 Å². The minimum atomic E-state index is -0.00838. The lowest BCUT2D eigenvalue weighted by molar-refractivity contribution is 0.424. The van der Waals surface area contributed by atoms with E-state index in [1.54, 1.807) is 0 Å². The van der Waals surface area contributed by atoms with E-state index in [0.29, 0.717) is 11.5 Å². The van der Waals surface area contributed by atoms with Gasteiger partial charge in [-0.25, -0.2) is 0 Å². The van der Waals surface area contributed by atoms with Gasteiger partial charge in [0.2, 0.25) is 0 Å². The third-order valence-corrected chi connectivity index (χ3v) is 7.38. The molecule has 0 radical (unpaired) electrons. The summed E-state index contributed by atoms with van der Waals surface area (Å²) in [5.41, 5.74) is 6.78. The second kappa shape index (κ2) is 10.1. The fourth-order valence-electron chi connectivity index (χ4n) is 4.24. The summed E-state index contributed by atoms with van der Waals surface area (Å²) >= 11 is 0. The highest BCUT2D eigenvalue weighted by atomic mass is 16.3. The van der Waals surface area contributed by atoms with E-state index in [9.17, 15) is 10.2 Å². The van der Waals surface area contributed by atoms with Gasteiger partial charge >= 0.3 is 0 Å². The standard InChI is InChI=1S/C29H44O2/c1-9-28(5,6)24-18-22(16-20(3)26(24)30)14-12-11-13-15-23-17-21(4)27(31)25(19-23)29(7,8)10-2/h16-19,30-31H,9-15H2,1-8H3. The van der Waals surface area contributed by atoms with Crippen LogP contribution in [-0.2, 0) is 23.7 Å². The van der Waals surface area contributed by atoms with Crippen molar-refractivity contribution in [3.8, 4) is 11.5 Å². The van der Waals surface area contributed by atoms with Gasteiger partial charge in [-0.2, -0.15) is 0 Å². The first-order valence-electron chi connectivity index (χ1n) is 12.1. The second-order valence-corrected chi connectivity index (χ2v) is 10.7. The van der Waals surface area contributed by atoms with Crippen molar-refractivity contribution in [2.45, 2.75) is 111 Å². The molecule has 0 aromatic heterocycles. The van der Waals surface area contributed by atoms with E-state index in [4.69, 9.17) is 0 Å². The Morgan fingerprint density at radius 1 is 0.613 bits per heavy atom. The number of aromatic hydroxyl groups is 2. The Morgan fingerprint density at radius 3 is 1.29 bits per heavy atom.